The molecule has 1 aromatic rings. The largest absolute Gasteiger partial charge is 0.0727 e. The predicted molar refractivity (Wildman–Crippen MR) is 59.7 cm³/mol. The maximum atomic E-state index is 2.27. The number of benzene rings is 1. The van der Waals surface area contributed by atoms with Gasteiger partial charge in [-0.3, -0.25) is 0 Å². The highest BCUT2D eigenvalue weighted by atomic mass is 14.0. The van der Waals surface area contributed by atoms with Gasteiger partial charge in [-0.2, -0.15) is 0 Å². The summed E-state index contributed by atoms with van der Waals surface area (Å²) in [7, 11) is 0. The molecule has 0 atom stereocenters. The highest BCUT2D eigenvalue weighted by molar-refractivity contribution is 5.52. The van der Waals surface area contributed by atoms with Crippen molar-refractivity contribution in [2.45, 2.75) is 33.6 Å². The Morgan fingerprint density at radius 1 is 1.23 bits per heavy atom. The summed E-state index contributed by atoms with van der Waals surface area (Å²) in [6.07, 6.45) is 4.70. The normalized spacial score (nSPS) is 11.8. The second-order valence-corrected chi connectivity index (χ2v) is 3.65. The Hall–Kier alpha value is -1.04. The number of hydrogen-bond donors (Lipinski definition) is 0. The average molecular weight is 174 g/mol. The van der Waals surface area contributed by atoms with Crippen molar-refractivity contribution in [2.75, 3.05) is 0 Å². The summed E-state index contributed by atoms with van der Waals surface area (Å²) in [6.45, 7) is 6.53. The van der Waals surface area contributed by atoms with Gasteiger partial charge in [0.25, 0.3) is 0 Å². The molecule has 0 bridgehead atoms. The van der Waals surface area contributed by atoms with E-state index in [0.29, 0.717) is 0 Å². The van der Waals surface area contributed by atoms with Crippen molar-refractivity contribution in [3.8, 4) is 0 Å². The lowest BCUT2D eigenvalue weighted by atomic mass is 10.1. The van der Waals surface area contributed by atoms with Crippen LogP contribution in [0.2, 0.25) is 0 Å². The Morgan fingerprint density at radius 3 is 2.38 bits per heavy atom. The van der Waals surface area contributed by atoms with E-state index >= 15 is 0 Å². The monoisotopic (exact) mass is 174 g/mol. The molecule has 0 fully saturated rings. The van der Waals surface area contributed by atoms with E-state index in [1.54, 1.807) is 0 Å². The van der Waals surface area contributed by atoms with Crippen LogP contribution < -0.4 is 0 Å². The molecule has 0 unspecified atom stereocenters. The third-order valence-electron chi connectivity index (χ3n) is 2.13. The number of aryl methyl sites for hydroxylation is 1. The summed E-state index contributed by atoms with van der Waals surface area (Å²) >= 11 is 0. The van der Waals surface area contributed by atoms with E-state index in [4.69, 9.17) is 0 Å². The van der Waals surface area contributed by atoms with Gasteiger partial charge in [0.05, 0.1) is 0 Å². The third kappa shape index (κ3) is 3.45. The van der Waals surface area contributed by atoms with Crippen LogP contribution >= 0.6 is 0 Å². The average Bonchev–Trinajstić information content (AvgIpc) is 2.09. The van der Waals surface area contributed by atoms with E-state index in [2.05, 4.69) is 51.1 Å². The second-order valence-electron chi connectivity index (χ2n) is 3.65. The predicted octanol–water partition coefficient (Wildman–Crippen LogP) is 4.20. The van der Waals surface area contributed by atoms with E-state index < -0.39 is 0 Å². The topological polar surface area (TPSA) is 0 Å². The van der Waals surface area contributed by atoms with Crippen LogP contribution in [0, 0.1) is 6.92 Å². The summed E-state index contributed by atoms with van der Waals surface area (Å²) in [5.74, 6) is 0. The maximum absolute atomic E-state index is 2.27. The van der Waals surface area contributed by atoms with Crippen LogP contribution in [-0.2, 0) is 0 Å². The van der Waals surface area contributed by atoms with Gasteiger partial charge in [0, 0.05) is 0 Å². The molecule has 0 aliphatic carbocycles. The Kier molecular flexibility index (Phi) is 3.75. The first kappa shape index (κ1) is 10.0. The van der Waals surface area contributed by atoms with Crippen LogP contribution in [0.1, 0.15) is 37.8 Å². The van der Waals surface area contributed by atoms with E-state index in [1.165, 1.54) is 29.5 Å². The molecule has 0 aliphatic heterocycles. The number of rotatable bonds is 3. The first-order valence-corrected chi connectivity index (χ1v) is 4.96. The third-order valence-corrected chi connectivity index (χ3v) is 2.13. The minimum atomic E-state index is 1.20. The molecule has 0 radical (unpaired) electrons. The molecule has 13 heavy (non-hydrogen) atoms. The Labute approximate surface area is 81.3 Å². The lowest BCUT2D eigenvalue weighted by molar-refractivity contribution is 0.911. The van der Waals surface area contributed by atoms with Crippen molar-refractivity contribution < 1.29 is 0 Å². The molecule has 0 aliphatic rings. The fourth-order valence-electron chi connectivity index (χ4n) is 1.41. The zero-order valence-electron chi connectivity index (χ0n) is 8.80. The zero-order valence-corrected chi connectivity index (χ0v) is 8.80. The van der Waals surface area contributed by atoms with Crippen molar-refractivity contribution in [1.82, 2.24) is 0 Å². The molecular formula is C13H18. The SMILES string of the molecule is CCC/C(C)=C\c1ccc(C)cc1. The molecule has 0 amide bonds. The standard InChI is InChI=1S/C13H18/c1-4-5-12(3)10-13-8-6-11(2)7-9-13/h6-10H,4-5H2,1-3H3/b12-10-. The van der Waals surface area contributed by atoms with Gasteiger partial charge in [-0.25, -0.2) is 0 Å². The van der Waals surface area contributed by atoms with Crippen molar-refractivity contribution >= 4 is 6.08 Å². The smallest absolute Gasteiger partial charge is 0.0257 e. The van der Waals surface area contributed by atoms with E-state index in [-0.39, 0.29) is 0 Å². The van der Waals surface area contributed by atoms with Crippen molar-refractivity contribution in [3.05, 3.63) is 41.0 Å². The molecule has 1 rings (SSSR count). The Balaban J connectivity index is 2.73. The summed E-state index contributed by atoms with van der Waals surface area (Å²) in [5.41, 5.74) is 4.10. The number of allylic oxidation sites excluding steroid dienone is 1. The lowest BCUT2D eigenvalue weighted by Crippen LogP contribution is -1.78. The van der Waals surface area contributed by atoms with Gasteiger partial charge in [0.15, 0.2) is 0 Å². The maximum Gasteiger partial charge on any atom is -0.0257 e. The summed E-state index contributed by atoms with van der Waals surface area (Å²) < 4.78 is 0. The molecule has 0 aromatic heterocycles. The van der Waals surface area contributed by atoms with Crippen molar-refractivity contribution in [1.29, 1.82) is 0 Å². The summed E-state index contributed by atoms with van der Waals surface area (Å²) in [4.78, 5) is 0. The minimum Gasteiger partial charge on any atom is -0.0727 e. The van der Waals surface area contributed by atoms with Gasteiger partial charge in [0.2, 0.25) is 0 Å². The molecule has 0 heterocycles. The van der Waals surface area contributed by atoms with Crippen LogP contribution in [-0.4, -0.2) is 0 Å². The molecule has 70 valence electrons. The van der Waals surface area contributed by atoms with Gasteiger partial charge < -0.3 is 0 Å². The Morgan fingerprint density at radius 2 is 1.85 bits per heavy atom. The van der Waals surface area contributed by atoms with Crippen LogP contribution in [0.3, 0.4) is 0 Å². The van der Waals surface area contributed by atoms with Crippen molar-refractivity contribution in [3.63, 3.8) is 0 Å². The van der Waals surface area contributed by atoms with E-state index in [0.717, 1.165) is 0 Å². The minimum absolute atomic E-state index is 1.20. The second kappa shape index (κ2) is 4.86. The fourth-order valence-corrected chi connectivity index (χ4v) is 1.41. The summed E-state index contributed by atoms with van der Waals surface area (Å²) in [5, 5.41) is 0. The van der Waals surface area contributed by atoms with Gasteiger partial charge in [0.1, 0.15) is 0 Å². The van der Waals surface area contributed by atoms with Gasteiger partial charge in [-0.1, -0.05) is 54.8 Å². The van der Waals surface area contributed by atoms with E-state index in [1.807, 2.05) is 0 Å². The summed E-state index contributed by atoms with van der Waals surface area (Å²) in [6, 6.07) is 8.67. The van der Waals surface area contributed by atoms with Gasteiger partial charge in [-0.15, -0.1) is 0 Å². The molecule has 0 spiro atoms. The Bertz CT molecular complexity index is 277. The van der Waals surface area contributed by atoms with Crippen molar-refractivity contribution in [2.24, 2.45) is 0 Å². The highest BCUT2D eigenvalue weighted by Crippen LogP contribution is 2.11. The first-order chi connectivity index (χ1) is 6.22. The zero-order chi connectivity index (χ0) is 9.68. The molecule has 0 heteroatoms. The highest BCUT2D eigenvalue weighted by Gasteiger charge is 1.90. The molecule has 0 saturated carbocycles. The molecule has 0 saturated heterocycles. The van der Waals surface area contributed by atoms with E-state index in [9.17, 15) is 0 Å². The molecule has 0 nitrogen and oxygen atoms in total. The van der Waals surface area contributed by atoms with Crippen LogP contribution in [0.5, 0.6) is 0 Å². The van der Waals surface area contributed by atoms with Gasteiger partial charge in [-0.05, 0) is 25.8 Å². The molecule has 0 N–H and O–H groups in total. The fraction of sp³-hybridized carbons (Fsp3) is 0.385. The quantitative estimate of drug-likeness (QED) is 0.644. The van der Waals surface area contributed by atoms with Crippen LogP contribution in [0.15, 0.2) is 29.8 Å². The number of hydrogen-bond acceptors (Lipinski definition) is 0. The first-order valence-electron chi connectivity index (χ1n) is 4.96. The van der Waals surface area contributed by atoms with Crippen LogP contribution in [0.25, 0.3) is 6.08 Å². The van der Waals surface area contributed by atoms with Gasteiger partial charge >= 0.3 is 0 Å². The van der Waals surface area contributed by atoms with Crippen LogP contribution in [0.4, 0.5) is 0 Å². The molecular weight excluding hydrogens is 156 g/mol. The molecule has 1 aromatic carbocycles. The lowest BCUT2D eigenvalue weighted by Gasteiger charge is -1.99.